The Labute approximate surface area is 173 Å². The molecule has 4 rings (SSSR count). The van der Waals surface area contributed by atoms with Gasteiger partial charge < -0.3 is 10.3 Å². The Morgan fingerprint density at radius 2 is 1.79 bits per heavy atom. The molecule has 4 aromatic rings. The van der Waals surface area contributed by atoms with Gasteiger partial charge in [-0.3, -0.25) is 4.79 Å². The fraction of sp³-hybridized carbons (Fsp3) is 0.125. The summed E-state index contributed by atoms with van der Waals surface area (Å²) in [6.45, 7) is 0.588. The number of hydrogen-bond acceptors (Lipinski definition) is 2. The molecule has 5 heteroatoms. The van der Waals surface area contributed by atoms with E-state index >= 15 is 0 Å². The smallest absolute Gasteiger partial charge is 0.186 e. The number of rotatable bonds is 7. The molecule has 0 radical (unpaired) electrons. The number of carbonyl (C=O) groups excluding carboxylic acids is 1. The summed E-state index contributed by atoms with van der Waals surface area (Å²) in [5.41, 5.74) is 3.37. The zero-order valence-electron chi connectivity index (χ0n) is 15.7. The molecule has 0 aliphatic heterocycles. The average molecular weight is 407 g/mol. The van der Waals surface area contributed by atoms with Crippen LogP contribution in [0.3, 0.4) is 0 Å². The van der Waals surface area contributed by atoms with E-state index in [4.69, 9.17) is 11.6 Å². The summed E-state index contributed by atoms with van der Waals surface area (Å²) in [5, 5.41) is 4.85. The lowest BCUT2D eigenvalue weighted by Gasteiger charge is -2.18. The highest BCUT2D eigenvalue weighted by Crippen LogP contribution is 2.26. The van der Waals surface area contributed by atoms with Gasteiger partial charge in [0.2, 0.25) is 0 Å². The number of fused-ring (bicyclic) bond motifs is 1. The molecule has 1 heterocycles. The van der Waals surface area contributed by atoms with Crippen molar-refractivity contribution in [3.8, 4) is 0 Å². The summed E-state index contributed by atoms with van der Waals surface area (Å²) in [6, 6.07) is 21.1. The van der Waals surface area contributed by atoms with Gasteiger partial charge in [-0.25, -0.2) is 4.39 Å². The summed E-state index contributed by atoms with van der Waals surface area (Å²) in [7, 11) is 0. The van der Waals surface area contributed by atoms with Gasteiger partial charge in [-0.05, 0) is 41.8 Å². The second kappa shape index (κ2) is 8.60. The highest BCUT2D eigenvalue weighted by atomic mass is 35.5. The minimum Gasteiger partial charge on any atom is -0.360 e. The van der Waals surface area contributed by atoms with Crippen molar-refractivity contribution in [2.45, 2.75) is 12.5 Å². The third-order valence-corrected chi connectivity index (χ3v) is 5.21. The number of nitrogens with one attached hydrogen (secondary N) is 2. The van der Waals surface area contributed by atoms with Gasteiger partial charge >= 0.3 is 0 Å². The molecular weight excluding hydrogens is 387 g/mol. The van der Waals surface area contributed by atoms with Crippen molar-refractivity contribution in [3.05, 3.63) is 107 Å². The van der Waals surface area contributed by atoms with Crippen LogP contribution in [0.2, 0.25) is 5.02 Å². The third kappa shape index (κ3) is 4.39. The van der Waals surface area contributed by atoms with Gasteiger partial charge in [-0.2, -0.15) is 0 Å². The molecule has 0 aliphatic carbocycles. The summed E-state index contributed by atoms with van der Waals surface area (Å²) in [6.07, 6.45) is 2.43. The largest absolute Gasteiger partial charge is 0.360 e. The van der Waals surface area contributed by atoms with Crippen molar-refractivity contribution >= 4 is 28.3 Å². The lowest BCUT2D eigenvalue weighted by molar-refractivity contribution is 0.0945. The Morgan fingerprint density at radius 3 is 2.55 bits per heavy atom. The maximum atomic E-state index is 13.4. The van der Waals surface area contributed by atoms with Crippen LogP contribution in [0.1, 0.15) is 27.5 Å². The molecule has 29 heavy (non-hydrogen) atoms. The quantitative estimate of drug-likeness (QED) is 0.386. The van der Waals surface area contributed by atoms with E-state index in [2.05, 4.69) is 10.3 Å². The molecule has 2 N–H and O–H groups in total. The lowest BCUT2D eigenvalue weighted by Crippen LogP contribution is -2.30. The van der Waals surface area contributed by atoms with Crippen LogP contribution in [0.15, 0.2) is 79.0 Å². The number of carbonyl (C=O) groups is 1. The zero-order valence-corrected chi connectivity index (χ0v) is 16.4. The van der Waals surface area contributed by atoms with Gasteiger partial charge in [-0.15, -0.1) is 0 Å². The van der Waals surface area contributed by atoms with Crippen LogP contribution in [0.4, 0.5) is 4.39 Å². The number of Topliss-reactive ketones (excluding diaryl/α,β-unsaturated/α-hetero) is 1. The second-order valence-electron chi connectivity index (χ2n) is 6.93. The Kier molecular flexibility index (Phi) is 5.74. The van der Waals surface area contributed by atoms with Crippen LogP contribution in [0.25, 0.3) is 10.9 Å². The number of aromatic amines is 1. The topological polar surface area (TPSA) is 44.9 Å². The normalized spacial score (nSPS) is 12.2. The number of hydrogen-bond donors (Lipinski definition) is 2. The minimum atomic E-state index is -0.480. The van der Waals surface area contributed by atoms with Crippen molar-refractivity contribution in [2.75, 3.05) is 6.54 Å². The molecule has 3 nitrogen and oxygen atoms in total. The zero-order chi connectivity index (χ0) is 20.2. The standard InChI is InChI=1S/C24H20ClFN2O/c25-18-8-11-20-21(15-28-22(20)14-18)24(29)23(17-4-2-1-3-5-17)27-13-12-16-6-9-19(26)10-7-16/h1-11,14-15,23,27-28H,12-13H2. The first kappa shape index (κ1) is 19.4. The Morgan fingerprint density at radius 1 is 1.03 bits per heavy atom. The molecule has 0 spiro atoms. The van der Waals surface area contributed by atoms with Crippen molar-refractivity contribution in [1.82, 2.24) is 10.3 Å². The van der Waals surface area contributed by atoms with Crippen LogP contribution in [0.5, 0.6) is 0 Å². The monoisotopic (exact) mass is 406 g/mol. The van der Waals surface area contributed by atoms with E-state index in [9.17, 15) is 9.18 Å². The first-order valence-electron chi connectivity index (χ1n) is 9.45. The highest BCUT2D eigenvalue weighted by Gasteiger charge is 2.24. The summed E-state index contributed by atoms with van der Waals surface area (Å²) in [4.78, 5) is 16.6. The Hall–Kier alpha value is -2.95. The molecule has 0 bridgehead atoms. The van der Waals surface area contributed by atoms with Crippen LogP contribution in [-0.4, -0.2) is 17.3 Å². The predicted octanol–water partition coefficient (Wildman–Crippen LogP) is 5.72. The fourth-order valence-corrected chi connectivity index (χ4v) is 3.65. The molecule has 1 unspecified atom stereocenters. The van der Waals surface area contributed by atoms with Crippen molar-refractivity contribution in [3.63, 3.8) is 0 Å². The number of aromatic nitrogens is 1. The maximum absolute atomic E-state index is 13.4. The van der Waals surface area contributed by atoms with Crippen molar-refractivity contribution in [1.29, 1.82) is 0 Å². The minimum absolute atomic E-state index is 0.0103. The van der Waals surface area contributed by atoms with Crippen molar-refractivity contribution in [2.24, 2.45) is 0 Å². The molecule has 1 atom stereocenters. The van der Waals surface area contributed by atoms with Crippen LogP contribution >= 0.6 is 11.6 Å². The molecule has 146 valence electrons. The van der Waals surface area contributed by atoms with Crippen LogP contribution in [0, 0.1) is 5.82 Å². The molecule has 0 fully saturated rings. The van der Waals surface area contributed by atoms with Crippen LogP contribution < -0.4 is 5.32 Å². The first-order valence-corrected chi connectivity index (χ1v) is 9.83. The van der Waals surface area contributed by atoms with Gasteiger partial charge in [0, 0.05) is 34.2 Å². The summed E-state index contributed by atoms with van der Waals surface area (Å²) in [5.74, 6) is -0.262. The van der Waals surface area contributed by atoms with E-state index in [1.54, 1.807) is 24.4 Å². The molecule has 1 aromatic heterocycles. The van der Waals surface area contributed by atoms with E-state index in [0.29, 0.717) is 23.6 Å². The molecule has 3 aromatic carbocycles. The number of benzene rings is 3. The lowest BCUT2D eigenvalue weighted by atomic mass is 9.96. The predicted molar refractivity (Wildman–Crippen MR) is 115 cm³/mol. The van der Waals surface area contributed by atoms with Gasteiger partial charge in [0.15, 0.2) is 5.78 Å². The summed E-state index contributed by atoms with van der Waals surface area (Å²) >= 11 is 6.06. The average Bonchev–Trinajstić information content (AvgIpc) is 3.16. The van der Waals surface area contributed by atoms with E-state index in [1.807, 2.05) is 42.5 Å². The third-order valence-electron chi connectivity index (χ3n) is 4.98. The SMILES string of the molecule is O=C(c1c[nH]c2cc(Cl)ccc12)C(NCCc1ccc(F)cc1)c1ccccc1. The van der Waals surface area contributed by atoms with E-state index in [1.165, 1.54) is 12.1 Å². The van der Waals surface area contributed by atoms with Crippen molar-refractivity contribution < 1.29 is 9.18 Å². The van der Waals surface area contributed by atoms with E-state index in [0.717, 1.165) is 22.0 Å². The first-order chi connectivity index (χ1) is 14.1. The Balaban J connectivity index is 1.58. The molecule has 0 amide bonds. The van der Waals surface area contributed by atoms with E-state index < -0.39 is 6.04 Å². The molecule has 0 saturated heterocycles. The van der Waals surface area contributed by atoms with Gasteiger partial charge in [0.05, 0.1) is 6.04 Å². The number of ketones is 1. The van der Waals surface area contributed by atoms with Gasteiger partial charge in [-0.1, -0.05) is 60.1 Å². The Bertz CT molecular complexity index is 1120. The molecule has 0 aliphatic rings. The fourth-order valence-electron chi connectivity index (χ4n) is 3.48. The second-order valence-corrected chi connectivity index (χ2v) is 7.37. The number of halogens is 2. The molecule has 0 saturated carbocycles. The highest BCUT2D eigenvalue weighted by molar-refractivity contribution is 6.31. The van der Waals surface area contributed by atoms with Crippen LogP contribution in [-0.2, 0) is 6.42 Å². The van der Waals surface area contributed by atoms with Gasteiger partial charge in [0.1, 0.15) is 5.82 Å². The maximum Gasteiger partial charge on any atom is 0.186 e. The van der Waals surface area contributed by atoms with E-state index in [-0.39, 0.29) is 11.6 Å². The number of H-pyrrole nitrogens is 1. The molecular formula is C24H20ClFN2O. The van der Waals surface area contributed by atoms with Gasteiger partial charge in [0.25, 0.3) is 0 Å². The summed E-state index contributed by atoms with van der Waals surface area (Å²) < 4.78 is 13.1.